The van der Waals surface area contributed by atoms with Gasteiger partial charge in [-0.15, -0.1) is 0 Å². The molecule has 1 N–H and O–H groups in total. The molecule has 34 heavy (non-hydrogen) atoms. The number of benzene rings is 3. The molecule has 1 aliphatic heterocycles. The third kappa shape index (κ3) is 5.03. The molecule has 0 spiro atoms. The summed E-state index contributed by atoms with van der Waals surface area (Å²) in [6.45, 7) is 1.48. The number of hydrogen-bond donors (Lipinski definition) is 1. The number of nitrogens with one attached hydrogen (secondary N) is 1. The second-order valence-corrected chi connectivity index (χ2v) is 11.1. The van der Waals surface area contributed by atoms with Gasteiger partial charge in [-0.1, -0.05) is 46.3 Å². The van der Waals surface area contributed by atoms with Gasteiger partial charge in [-0.05, 0) is 57.9 Å². The van der Waals surface area contributed by atoms with E-state index in [0.717, 1.165) is 16.8 Å². The second kappa shape index (κ2) is 9.89. The Balaban J connectivity index is 1.57. The summed E-state index contributed by atoms with van der Waals surface area (Å²) < 4.78 is 34.9. The Morgan fingerprint density at radius 3 is 2.47 bits per heavy atom. The van der Waals surface area contributed by atoms with Crippen molar-refractivity contribution in [3.63, 3.8) is 0 Å². The Bertz CT molecular complexity index is 1380. The van der Waals surface area contributed by atoms with Gasteiger partial charge < -0.3 is 4.74 Å². The number of halogens is 2. The minimum atomic E-state index is -3.79. The van der Waals surface area contributed by atoms with E-state index in [1.165, 1.54) is 18.0 Å². The van der Waals surface area contributed by atoms with Crippen molar-refractivity contribution in [2.24, 2.45) is 5.10 Å². The topological polar surface area (TPSA) is 88.1 Å². The summed E-state index contributed by atoms with van der Waals surface area (Å²) in [6.07, 6.45) is 0.510. The van der Waals surface area contributed by atoms with E-state index in [1.54, 1.807) is 43.5 Å². The number of para-hydroxylation sites is 1. The summed E-state index contributed by atoms with van der Waals surface area (Å²) in [4.78, 5) is 12.4. The van der Waals surface area contributed by atoms with Crippen molar-refractivity contribution in [1.82, 2.24) is 5.01 Å². The van der Waals surface area contributed by atoms with Crippen LogP contribution in [0.2, 0.25) is 0 Å². The largest absolute Gasteiger partial charge is 0.496 e. The first kappa shape index (κ1) is 24.4. The average Bonchev–Trinajstić information content (AvgIpc) is 3.26. The van der Waals surface area contributed by atoms with Gasteiger partial charge in [0.05, 0.1) is 18.9 Å². The molecule has 0 saturated heterocycles. The number of amides is 1. The highest BCUT2D eigenvalue weighted by Gasteiger charge is 2.33. The van der Waals surface area contributed by atoms with Gasteiger partial charge in [0.25, 0.3) is 10.0 Å². The van der Waals surface area contributed by atoms with Gasteiger partial charge in [-0.2, -0.15) is 5.10 Å². The first-order valence-corrected chi connectivity index (χ1v) is 13.3. The van der Waals surface area contributed by atoms with Gasteiger partial charge in [0.2, 0.25) is 5.91 Å². The van der Waals surface area contributed by atoms with Crippen molar-refractivity contribution in [2.75, 3.05) is 11.8 Å². The van der Waals surface area contributed by atoms with Crippen LogP contribution < -0.4 is 9.46 Å². The van der Waals surface area contributed by atoms with Crippen LogP contribution in [0.25, 0.3) is 0 Å². The molecule has 0 aromatic heterocycles. The van der Waals surface area contributed by atoms with E-state index >= 15 is 0 Å². The molecule has 1 unspecified atom stereocenters. The van der Waals surface area contributed by atoms with Crippen molar-refractivity contribution in [3.05, 3.63) is 86.8 Å². The molecule has 1 atom stereocenters. The summed E-state index contributed by atoms with van der Waals surface area (Å²) in [5, 5.41) is 6.03. The van der Waals surface area contributed by atoms with E-state index in [0.29, 0.717) is 26.8 Å². The third-order valence-electron chi connectivity index (χ3n) is 5.38. The Morgan fingerprint density at radius 1 is 1.09 bits per heavy atom. The molecule has 176 valence electrons. The standard InChI is InChI=1S/C24H21Br2N3O4S/c1-15(30)29-22(19-5-3-4-6-23(19)33-2)14-21(27-29)16-7-10-18(11-8-16)28-34(31,32)24-13-17(25)9-12-20(24)26/h3-13,22,28H,14H2,1-2H3. The van der Waals surface area contributed by atoms with E-state index in [1.807, 2.05) is 24.3 Å². The molecule has 0 fully saturated rings. The molecule has 0 bridgehead atoms. The molecule has 1 aliphatic rings. The normalized spacial score (nSPS) is 15.7. The van der Waals surface area contributed by atoms with Crippen LogP contribution in [0.3, 0.4) is 0 Å². The van der Waals surface area contributed by atoms with Crippen LogP contribution in [0.15, 0.2) is 85.7 Å². The number of ether oxygens (including phenoxy) is 1. The zero-order valence-corrected chi connectivity index (χ0v) is 22.3. The van der Waals surface area contributed by atoms with Gasteiger partial charge in [0, 0.05) is 33.5 Å². The zero-order valence-electron chi connectivity index (χ0n) is 18.3. The molecule has 10 heteroatoms. The molecule has 7 nitrogen and oxygen atoms in total. The number of carbonyl (C=O) groups excluding carboxylic acids is 1. The molecule has 0 radical (unpaired) electrons. The number of methoxy groups -OCH3 is 1. The fourth-order valence-corrected chi connectivity index (χ4v) is 6.34. The van der Waals surface area contributed by atoms with E-state index in [9.17, 15) is 13.2 Å². The molecule has 4 rings (SSSR count). The molecular formula is C24H21Br2N3O4S. The molecule has 1 amide bonds. The maximum Gasteiger partial charge on any atom is 0.263 e. The fraction of sp³-hybridized carbons (Fsp3) is 0.167. The van der Waals surface area contributed by atoms with Crippen LogP contribution in [-0.4, -0.2) is 32.2 Å². The first-order valence-electron chi connectivity index (χ1n) is 10.3. The first-order chi connectivity index (χ1) is 16.2. The van der Waals surface area contributed by atoms with Crippen LogP contribution in [-0.2, 0) is 14.8 Å². The summed E-state index contributed by atoms with van der Waals surface area (Å²) in [6, 6.07) is 19.2. The zero-order chi connectivity index (χ0) is 24.5. The predicted octanol–water partition coefficient (Wildman–Crippen LogP) is 5.72. The van der Waals surface area contributed by atoms with E-state index < -0.39 is 10.0 Å². The highest BCUT2D eigenvalue weighted by molar-refractivity contribution is 9.11. The van der Waals surface area contributed by atoms with E-state index in [-0.39, 0.29) is 16.8 Å². The van der Waals surface area contributed by atoms with Crippen molar-refractivity contribution in [2.45, 2.75) is 24.3 Å². The van der Waals surface area contributed by atoms with Crippen LogP contribution in [0.5, 0.6) is 5.75 Å². The van der Waals surface area contributed by atoms with Crippen molar-refractivity contribution < 1.29 is 17.9 Å². The van der Waals surface area contributed by atoms with E-state index in [4.69, 9.17) is 4.74 Å². The Morgan fingerprint density at radius 2 is 1.79 bits per heavy atom. The predicted molar refractivity (Wildman–Crippen MR) is 139 cm³/mol. The minimum absolute atomic E-state index is 0.128. The van der Waals surface area contributed by atoms with Crippen LogP contribution in [0, 0.1) is 0 Å². The van der Waals surface area contributed by atoms with Gasteiger partial charge in [0.1, 0.15) is 10.6 Å². The average molecular weight is 607 g/mol. The number of sulfonamides is 1. The monoisotopic (exact) mass is 605 g/mol. The number of rotatable bonds is 6. The fourth-order valence-electron chi connectivity index (χ4n) is 3.78. The maximum absolute atomic E-state index is 12.9. The summed E-state index contributed by atoms with van der Waals surface area (Å²) in [5.41, 5.74) is 2.83. The van der Waals surface area contributed by atoms with Gasteiger partial charge >= 0.3 is 0 Å². The van der Waals surface area contributed by atoms with Crippen LogP contribution >= 0.6 is 31.9 Å². The molecular weight excluding hydrogens is 586 g/mol. The number of carbonyl (C=O) groups is 1. The summed E-state index contributed by atoms with van der Waals surface area (Å²) in [5.74, 6) is 0.522. The lowest BCUT2D eigenvalue weighted by atomic mass is 9.97. The number of nitrogens with zero attached hydrogens (tertiary/aromatic N) is 2. The maximum atomic E-state index is 12.9. The lowest BCUT2D eigenvalue weighted by molar-refractivity contribution is -0.130. The smallest absolute Gasteiger partial charge is 0.263 e. The Labute approximate surface area is 215 Å². The number of hydrazone groups is 1. The highest BCUT2D eigenvalue weighted by Crippen LogP contribution is 2.37. The molecule has 1 heterocycles. The van der Waals surface area contributed by atoms with Gasteiger partial charge in [-0.3, -0.25) is 9.52 Å². The van der Waals surface area contributed by atoms with E-state index in [2.05, 4.69) is 41.7 Å². The van der Waals surface area contributed by atoms with Crippen LogP contribution in [0.4, 0.5) is 5.69 Å². The Hall–Kier alpha value is -2.69. The molecule has 0 aliphatic carbocycles. The van der Waals surface area contributed by atoms with Gasteiger partial charge in [-0.25, -0.2) is 13.4 Å². The highest BCUT2D eigenvalue weighted by atomic mass is 79.9. The van der Waals surface area contributed by atoms with Crippen molar-refractivity contribution >= 4 is 59.2 Å². The lowest BCUT2D eigenvalue weighted by Crippen LogP contribution is -2.24. The summed E-state index contributed by atoms with van der Waals surface area (Å²) in [7, 11) is -2.20. The second-order valence-electron chi connectivity index (χ2n) is 7.63. The third-order valence-corrected chi connectivity index (χ3v) is 8.25. The van der Waals surface area contributed by atoms with Crippen LogP contribution in [0.1, 0.15) is 30.5 Å². The molecule has 0 saturated carbocycles. The molecule has 3 aromatic carbocycles. The summed E-state index contributed by atoms with van der Waals surface area (Å²) >= 11 is 6.60. The number of hydrogen-bond acceptors (Lipinski definition) is 5. The van der Waals surface area contributed by atoms with Crippen molar-refractivity contribution in [1.29, 1.82) is 0 Å². The lowest BCUT2D eigenvalue weighted by Gasteiger charge is -2.22. The Kier molecular flexibility index (Phi) is 7.11. The van der Waals surface area contributed by atoms with Gasteiger partial charge in [0.15, 0.2) is 0 Å². The minimum Gasteiger partial charge on any atom is -0.496 e. The molecule has 3 aromatic rings. The van der Waals surface area contributed by atoms with Crippen molar-refractivity contribution in [3.8, 4) is 5.75 Å². The quantitative estimate of drug-likeness (QED) is 0.389. The number of anilines is 1. The SMILES string of the molecule is COc1ccccc1C1CC(c2ccc(NS(=O)(=O)c3cc(Br)ccc3Br)cc2)=NN1C(C)=O.